The fraction of sp³-hybridized carbons (Fsp3) is 0.182. The maximum atomic E-state index is 12.8. The number of benzene rings is 4. The number of rotatable bonds is 7. The third-order valence-electron chi connectivity index (χ3n) is 6.23. The molecule has 0 N–H and O–H groups in total. The number of hydrogen-bond acceptors (Lipinski definition) is 4. The zero-order chi connectivity index (χ0) is 25.8. The van der Waals surface area contributed by atoms with Gasteiger partial charge in [0.25, 0.3) is 0 Å². The molecule has 4 heteroatoms. The van der Waals surface area contributed by atoms with Crippen molar-refractivity contribution >= 4 is 10.8 Å². The van der Waals surface area contributed by atoms with Crippen molar-refractivity contribution in [3.8, 4) is 22.6 Å². The van der Waals surface area contributed by atoms with Gasteiger partial charge in [-0.2, -0.15) is 0 Å². The van der Waals surface area contributed by atoms with Crippen LogP contribution in [0.1, 0.15) is 37.7 Å². The summed E-state index contributed by atoms with van der Waals surface area (Å²) >= 11 is 0. The van der Waals surface area contributed by atoms with Crippen LogP contribution >= 0.6 is 0 Å². The molecular formula is C33H30O4. The van der Waals surface area contributed by atoms with Gasteiger partial charge in [-0.3, -0.25) is 0 Å². The number of fused-ring (bicyclic) bond motifs is 1. The Hall–Kier alpha value is -4.31. The molecule has 0 saturated heterocycles. The highest BCUT2D eigenvalue weighted by Crippen LogP contribution is 2.41. The fourth-order valence-electron chi connectivity index (χ4n) is 4.38. The predicted molar refractivity (Wildman–Crippen MR) is 148 cm³/mol. The van der Waals surface area contributed by atoms with Crippen molar-refractivity contribution < 1.29 is 13.9 Å². The fourth-order valence-corrected chi connectivity index (χ4v) is 4.38. The van der Waals surface area contributed by atoms with Gasteiger partial charge in [0, 0.05) is 16.4 Å². The van der Waals surface area contributed by atoms with E-state index >= 15 is 0 Å². The van der Waals surface area contributed by atoms with Crippen molar-refractivity contribution in [3.63, 3.8) is 0 Å². The molecule has 0 atom stereocenters. The van der Waals surface area contributed by atoms with Gasteiger partial charge in [0.2, 0.25) is 0 Å². The molecule has 5 rings (SSSR count). The van der Waals surface area contributed by atoms with Gasteiger partial charge in [0.15, 0.2) is 11.5 Å². The highest BCUT2D eigenvalue weighted by Gasteiger charge is 2.26. The Morgan fingerprint density at radius 3 is 1.78 bits per heavy atom. The van der Waals surface area contributed by atoms with Crippen LogP contribution in [0.5, 0.6) is 11.5 Å². The van der Waals surface area contributed by atoms with Crippen molar-refractivity contribution in [2.24, 2.45) is 0 Å². The van der Waals surface area contributed by atoms with Gasteiger partial charge in [0.1, 0.15) is 19.0 Å². The Morgan fingerprint density at radius 2 is 1.19 bits per heavy atom. The third kappa shape index (κ3) is 5.44. The van der Waals surface area contributed by atoms with E-state index in [4.69, 9.17) is 13.9 Å². The first-order chi connectivity index (χ1) is 17.9. The minimum atomic E-state index is -0.383. The van der Waals surface area contributed by atoms with Gasteiger partial charge in [-0.25, -0.2) is 4.79 Å². The Bertz CT molecular complexity index is 1560. The SMILES string of the molecule is CC(C)(C)c1oc(=O)c2ccccc2c1-c1ccc(OCc2ccccc2)c(OCc2ccccc2)c1. The van der Waals surface area contributed by atoms with Gasteiger partial charge in [-0.1, -0.05) is 106 Å². The molecule has 0 fully saturated rings. The summed E-state index contributed by atoms with van der Waals surface area (Å²) in [5.41, 5.74) is 3.22. The molecule has 5 aromatic rings. The van der Waals surface area contributed by atoms with Crippen LogP contribution in [-0.4, -0.2) is 0 Å². The number of ether oxygens (including phenoxy) is 2. The third-order valence-corrected chi connectivity index (χ3v) is 6.23. The van der Waals surface area contributed by atoms with Gasteiger partial charge in [0.05, 0.1) is 5.39 Å². The molecular weight excluding hydrogens is 460 g/mol. The monoisotopic (exact) mass is 490 g/mol. The Balaban J connectivity index is 1.61. The van der Waals surface area contributed by atoms with Gasteiger partial charge >= 0.3 is 5.63 Å². The van der Waals surface area contributed by atoms with Crippen LogP contribution < -0.4 is 15.1 Å². The molecule has 186 valence electrons. The molecule has 1 aromatic heterocycles. The second-order valence-corrected chi connectivity index (χ2v) is 10.1. The summed E-state index contributed by atoms with van der Waals surface area (Å²) in [6.07, 6.45) is 0. The molecule has 0 saturated carbocycles. The first-order valence-corrected chi connectivity index (χ1v) is 12.4. The average Bonchev–Trinajstić information content (AvgIpc) is 2.91. The highest BCUT2D eigenvalue weighted by atomic mass is 16.5. The molecule has 0 aliphatic rings. The summed E-state index contributed by atoms with van der Waals surface area (Å²) in [5.74, 6) is 1.93. The lowest BCUT2D eigenvalue weighted by Gasteiger charge is -2.23. The standard InChI is InChI=1S/C33H30O4/c1-33(2,3)31-30(26-16-10-11-17-27(26)32(34)37-31)25-18-19-28(35-21-23-12-6-4-7-13-23)29(20-25)36-22-24-14-8-5-9-15-24/h4-20H,21-22H2,1-3H3. The zero-order valence-electron chi connectivity index (χ0n) is 21.4. The average molecular weight is 491 g/mol. The summed E-state index contributed by atoms with van der Waals surface area (Å²) < 4.78 is 18.4. The maximum absolute atomic E-state index is 12.8. The summed E-state index contributed by atoms with van der Waals surface area (Å²) in [4.78, 5) is 12.8. The van der Waals surface area contributed by atoms with Crippen molar-refractivity contribution in [2.45, 2.75) is 39.4 Å². The lowest BCUT2D eigenvalue weighted by Crippen LogP contribution is -2.17. The van der Waals surface area contributed by atoms with Crippen LogP contribution in [0, 0.1) is 0 Å². The van der Waals surface area contributed by atoms with E-state index in [0.29, 0.717) is 35.9 Å². The molecule has 1 heterocycles. The minimum absolute atomic E-state index is 0.326. The van der Waals surface area contributed by atoms with Crippen LogP contribution in [0.25, 0.3) is 21.9 Å². The molecule has 4 nitrogen and oxygen atoms in total. The zero-order valence-corrected chi connectivity index (χ0v) is 21.4. The van der Waals surface area contributed by atoms with E-state index in [1.165, 1.54) is 0 Å². The van der Waals surface area contributed by atoms with Crippen LogP contribution in [0.15, 0.2) is 112 Å². The van der Waals surface area contributed by atoms with Crippen molar-refractivity contribution in [3.05, 3.63) is 130 Å². The summed E-state index contributed by atoms with van der Waals surface area (Å²) in [7, 11) is 0. The quantitative estimate of drug-likeness (QED) is 0.233. The van der Waals surface area contributed by atoms with Crippen LogP contribution in [0.3, 0.4) is 0 Å². The van der Waals surface area contributed by atoms with Crippen LogP contribution in [-0.2, 0) is 18.6 Å². The van der Waals surface area contributed by atoms with E-state index in [-0.39, 0.29) is 11.0 Å². The van der Waals surface area contributed by atoms with Crippen molar-refractivity contribution in [2.75, 3.05) is 0 Å². The normalized spacial score (nSPS) is 11.4. The van der Waals surface area contributed by atoms with Crippen molar-refractivity contribution in [1.29, 1.82) is 0 Å². The molecule has 0 aliphatic heterocycles. The summed E-state index contributed by atoms with van der Waals surface area (Å²) in [6.45, 7) is 6.98. The van der Waals surface area contributed by atoms with Crippen molar-refractivity contribution in [1.82, 2.24) is 0 Å². The minimum Gasteiger partial charge on any atom is -0.485 e. The molecule has 0 unspecified atom stereocenters. The van der Waals surface area contributed by atoms with Gasteiger partial charge in [-0.05, 0) is 34.9 Å². The first-order valence-electron chi connectivity index (χ1n) is 12.4. The molecule has 0 aliphatic carbocycles. The maximum Gasteiger partial charge on any atom is 0.343 e. The largest absolute Gasteiger partial charge is 0.485 e. The molecule has 0 radical (unpaired) electrons. The molecule has 0 bridgehead atoms. The van der Waals surface area contributed by atoms with Crippen LogP contribution in [0.2, 0.25) is 0 Å². The second kappa shape index (κ2) is 10.4. The van der Waals surface area contributed by atoms with E-state index in [0.717, 1.165) is 27.6 Å². The molecule has 37 heavy (non-hydrogen) atoms. The molecule has 0 amide bonds. The molecule has 0 spiro atoms. The highest BCUT2D eigenvalue weighted by molar-refractivity contribution is 5.97. The second-order valence-electron chi connectivity index (χ2n) is 10.1. The Morgan fingerprint density at radius 1 is 0.649 bits per heavy atom. The van der Waals surface area contributed by atoms with E-state index in [9.17, 15) is 4.79 Å². The van der Waals surface area contributed by atoms with E-state index in [2.05, 4.69) is 0 Å². The van der Waals surface area contributed by atoms with E-state index in [1.54, 1.807) is 6.07 Å². The summed E-state index contributed by atoms with van der Waals surface area (Å²) in [6, 6.07) is 33.6. The van der Waals surface area contributed by atoms with Crippen LogP contribution in [0.4, 0.5) is 0 Å². The lowest BCUT2D eigenvalue weighted by molar-refractivity contribution is 0.256. The van der Waals surface area contributed by atoms with Gasteiger partial charge in [-0.15, -0.1) is 0 Å². The lowest BCUT2D eigenvalue weighted by atomic mass is 9.85. The molecule has 4 aromatic carbocycles. The Kier molecular flexibility index (Phi) is 6.82. The van der Waals surface area contributed by atoms with E-state index < -0.39 is 0 Å². The van der Waals surface area contributed by atoms with Gasteiger partial charge < -0.3 is 13.9 Å². The topological polar surface area (TPSA) is 48.7 Å². The van der Waals surface area contributed by atoms with E-state index in [1.807, 2.05) is 118 Å². The Labute approximate surface area is 217 Å². The first kappa shape index (κ1) is 24.4. The summed E-state index contributed by atoms with van der Waals surface area (Å²) in [5, 5.41) is 1.41. The predicted octanol–water partition coefficient (Wildman–Crippen LogP) is 7.92. The smallest absolute Gasteiger partial charge is 0.343 e. The number of hydrogen-bond donors (Lipinski definition) is 0.